The first-order valence-electron chi connectivity index (χ1n) is 11.0. The monoisotopic (exact) mass is 691 g/mol. The zero-order chi connectivity index (χ0) is 28.0. The van der Waals surface area contributed by atoms with Gasteiger partial charge in [0.2, 0.25) is 11.8 Å². The summed E-state index contributed by atoms with van der Waals surface area (Å²) in [6.45, 7) is -2.22. The number of amides is 2. The first-order chi connectivity index (χ1) is 17.4. The summed E-state index contributed by atoms with van der Waals surface area (Å²) in [5, 5.41) is 30.2. The van der Waals surface area contributed by atoms with Crippen molar-refractivity contribution in [1.82, 2.24) is 14.7 Å². The van der Waals surface area contributed by atoms with E-state index in [1.54, 1.807) is 24.3 Å². The molecule has 0 saturated heterocycles. The fourth-order valence-electron chi connectivity index (χ4n) is 3.66. The normalized spacial score (nSPS) is 11.4. The van der Waals surface area contributed by atoms with Crippen LogP contribution in [0.4, 0.5) is 5.69 Å². The molecule has 0 heterocycles. The molecule has 1 radical (unpaired) electrons. The minimum atomic E-state index is -1.21. The number of isothiocyanates is 1. The largest absolute Gasteiger partial charge is 0.480 e. The number of aliphatic carboxylic acids is 3. The molecule has 1 aromatic carbocycles. The van der Waals surface area contributed by atoms with Crippen molar-refractivity contribution in [3.63, 3.8) is 0 Å². The predicted octanol–water partition coefficient (Wildman–Crippen LogP) is -1.54. The summed E-state index contributed by atoms with van der Waals surface area (Å²) in [7, 11) is 0. The maximum atomic E-state index is 11.7. The molecule has 0 spiro atoms. The van der Waals surface area contributed by atoms with Crippen LogP contribution in [0.2, 0.25) is 0 Å². The second-order valence-electron chi connectivity index (χ2n) is 8.19. The van der Waals surface area contributed by atoms with Crippen LogP contribution in [0.15, 0.2) is 29.3 Å². The van der Waals surface area contributed by atoms with Gasteiger partial charge in [-0.05, 0) is 36.3 Å². The summed E-state index contributed by atoms with van der Waals surface area (Å²) in [6.07, 6.45) is 0.221. The molecule has 0 bridgehead atoms. The number of nitrogens with zero attached hydrogens (tertiary/aromatic N) is 4. The van der Waals surface area contributed by atoms with Gasteiger partial charge >= 0.3 is 17.9 Å². The average Bonchev–Trinajstić information content (AvgIpc) is 2.76. The molecular weight excluding hydrogens is 660 g/mol. The smallest absolute Gasteiger partial charge is 0.317 e. The van der Waals surface area contributed by atoms with Crippen molar-refractivity contribution >= 4 is 52.8 Å². The van der Waals surface area contributed by atoms with Crippen molar-refractivity contribution in [2.75, 3.05) is 52.4 Å². The summed E-state index contributed by atoms with van der Waals surface area (Å²) in [5.41, 5.74) is 11.8. The fraction of sp³-hybridized carbons (Fsp3) is 0.455. The van der Waals surface area contributed by atoms with E-state index in [1.807, 2.05) is 0 Å². The summed E-state index contributed by atoms with van der Waals surface area (Å²) in [6, 6.07) is 6.12. The zero-order valence-electron chi connectivity index (χ0n) is 20.4. The predicted molar refractivity (Wildman–Crippen MR) is 134 cm³/mol. The Bertz CT molecular complexity index is 990. The van der Waals surface area contributed by atoms with Crippen LogP contribution in [0, 0.1) is 49.4 Å². The second-order valence-corrected chi connectivity index (χ2v) is 8.37. The first kappa shape index (κ1) is 35.8. The van der Waals surface area contributed by atoms with Crippen molar-refractivity contribution in [3.05, 3.63) is 29.8 Å². The summed E-state index contributed by atoms with van der Waals surface area (Å²) < 4.78 is 0. The van der Waals surface area contributed by atoms with E-state index in [0.717, 1.165) is 5.56 Å². The molecule has 0 fully saturated rings. The maximum absolute atomic E-state index is 11.7. The molecule has 1 atom stereocenters. The number of carbonyl (C=O) groups excluding carboxylic acids is 2. The van der Waals surface area contributed by atoms with Gasteiger partial charge in [-0.25, -0.2) is 0 Å². The molecule has 7 N–H and O–H groups in total. The summed E-state index contributed by atoms with van der Waals surface area (Å²) in [5.74, 6) is -5.11. The summed E-state index contributed by atoms with van der Waals surface area (Å²) in [4.78, 5) is 65.1. The summed E-state index contributed by atoms with van der Waals surface area (Å²) >= 11 is 4.58. The Morgan fingerprint density at radius 3 is 1.79 bits per heavy atom. The molecule has 1 rings (SSSR count). The van der Waals surface area contributed by atoms with E-state index in [9.17, 15) is 34.2 Å². The number of aliphatic imine (C=N–C) groups is 1. The van der Waals surface area contributed by atoms with Gasteiger partial charge < -0.3 is 26.8 Å². The van der Waals surface area contributed by atoms with E-state index in [0.29, 0.717) is 5.69 Å². The van der Waals surface area contributed by atoms with E-state index in [1.165, 1.54) is 14.7 Å². The average molecular weight is 691 g/mol. The van der Waals surface area contributed by atoms with Gasteiger partial charge in [-0.3, -0.25) is 38.7 Å². The van der Waals surface area contributed by atoms with Crippen LogP contribution in [0.3, 0.4) is 0 Å². The number of rotatable bonds is 19. The van der Waals surface area contributed by atoms with E-state index in [4.69, 9.17) is 16.6 Å². The number of thiocarbonyl (C=S) groups is 1. The Hall–Kier alpha value is -2.17. The molecule has 16 heteroatoms. The molecule has 38 heavy (non-hydrogen) atoms. The van der Waals surface area contributed by atoms with Crippen molar-refractivity contribution in [1.29, 1.82) is 0 Å². The molecule has 0 aliphatic carbocycles. The second kappa shape index (κ2) is 19.0. The first-order valence-corrected chi connectivity index (χ1v) is 11.4. The van der Waals surface area contributed by atoms with Gasteiger partial charge in [0.1, 0.15) is 0 Å². The van der Waals surface area contributed by atoms with Crippen LogP contribution in [0.25, 0.3) is 0 Å². The van der Waals surface area contributed by atoms with Crippen LogP contribution in [-0.4, -0.2) is 123 Å². The number of carboxylic acids is 3. The van der Waals surface area contributed by atoms with Gasteiger partial charge in [0.15, 0.2) is 0 Å². The molecule has 0 aliphatic heterocycles. The van der Waals surface area contributed by atoms with Gasteiger partial charge in [0.05, 0.1) is 43.6 Å². The van der Waals surface area contributed by atoms with Crippen LogP contribution in [0.5, 0.6) is 0 Å². The van der Waals surface area contributed by atoms with Gasteiger partial charge in [-0.2, -0.15) is 4.99 Å². The Morgan fingerprint density at radius 1 is 0.816 bits per heavy atom. The Morgan fingerprint density at radius 2 is 1.32 bits per heavy atom. The van der Waals surface area contributed by atoms with Gasteiger partial charge in [0, 0.05) is 75.1 Å². The Kier molecular flexibility index (Phi) is 17.9. The standard InChI is InChI=1S/C22H30N6O8S.Eu/c23-18(29)9-27(12-21(33)34)6-5-26(11-20(31)32)8-17(28(10-19(24)30)13-22(35)36)7-15-1-3-16(4-2-15)25-14-37;/h1-4,17H,5-13H2,(H2,23,29)(H2,24,30)(H,31,32)(H,33,34)(H,35,36);. The minimum absolute atomic E-state index is 0. The maximum Gasteiger partial charge on any atom is 0.317 e. The van der Waals surface area contributed by atoms with E-state index in [2.05, 4.69) is 22.4 Å². The number of benzene rings is 1. The molecular formula is C22H30EuN6O8S. The molecule has 209 valence electrons. The van der Waals surface area contributed by atoms with Crippen molar-refractivity contribution in [3.8, 4) is 0 Å². The SMILES string of the molecule is NC(=O)CN(CCN(CC(=O)O)CC(Cc1ccc(N=C=S)cc1)N(CC(N)=O)CC(=O)O)CC(=O)O.[Eu]. The fourth-order valence-corrected chi connectivity index (χ4v) is 3.77. The van der Waals surface area contributed by atoms with Gasteiger partial charge in [-0.15, -0.1) is 0 Å². The van der Waals surface area contributed by atoms with Crippen molar-refractivity contribution in [2.24, 2.45) is 16.5 Å². The number of hydrogen-bond acceptors (Lipinski definition) is 10. The van der Waals surface area contributed by atoms with Crippen LogP contribution in [0.1, 0.15) is 5.56 Å². The third kappa shape index (κ3) is 15.9. The number of carbonyl (C=O) groups is 5. The molecule has 0 aromatic heterocycles. The topological polar surface area (TPSA) is 220 Å². The zero-order valence-corrected chi connectivity index (χ0v) is 23.6. The molecule has 1 unspecified atom stereocenters. The quantitative estimate of drug-likeness (QED) is 0.0824. The van der Waals surface area contributed by atoms with E-state index in [-0.39, 0.29) is 82.0 Å². The number of carboxylic acid groups (broad SMARTS) is 3. The van der Waals surface area contributed by atoms with Crippen molar-refractivity contribution in [2.45, 2.75) is 12.5 Å². The molecule has 1 aromatic rings. The molecule has 0 aliphatic rings. The Balaban J connectivity index is 0.0000137. The van der Waals surface area contributed by atoms with E-state index < -0.39 is 61.9 Å². The van der Waals surface area contributed by atoms with Crippen molar-refractivity contribution < 1.29 is 88.7 Å². The third-order valence-corrected chi connectivity index (χ3v) is 5.19. The third-order valence-electron chi connectivity index (χ3n) is 5.09. The van der Waals surface area contributed by atoms with Crippen LogP contribution in [-0.2, 0) is 30.4 Å². The number of hydrogen-bond donors (Lipinski definition) is 5. The minimum Gasteiger partial charge on any atom is -0.480 e. The molecule has 14 nitrogen and oxygen atoms in total. The molecule has 0 saturated carbocycles. The number of nitrogens with two attached hydrogens (primary N) is 2. The van der Waals surface area contributed by atoms with Gasteiger partial charge in [-0.1, -0.05) is 12.1 Å². The number of primary amides is 2. The Labute approximate surface area is 265 Å². The van der Waals surface area contributed by atoms with E-state index >= 15 is 0 Å². The molecule has 2 amide bonds. The van der Waals surface area contributed by atoms with Gasteiger partial charge in [0.25, 0.3) is 0 Å². The van der Waals surface area contributed by atoms with Crippen LogP contribution < -0.4 is 11.5 Å². The van der Waals surface area contributed by atoms with Crippen LogP contribution >= 0.6 is 12.2 Å².